The minimum absolute atomic E-state index is 0.0925. The fraction of sp³-hybridized carbons (Fsp3) is 0.321. The summed E-state index contributed by atoms with van der Waals surface area (Å²) in [6.07, 6.45) is 5.24. The molecule has 3 heterocycles. The topological polar surface area (TPSA) is 85.9 Å². The van der Waals surface area contributed by atoms with Crippen LogP contribution in [0.4, 0.5) is 5.82 Å². The first-order chi connectivity index (χ1) is 17.2. The van der Waals surface area contributed by atoms with Crippen LogP contribution in [0.3, 0.4) is 0 Å². The van der Waals surface area contributed by atoms with E-state index in [1.165, 1.54) is 24.8 Å². The van der Waals surface area contributed by atoms with Crippen LogP contribution in [0.5, 0.6) is 0 Å². The first kappa shape index (κ1) is 23.1. The summed E-state index contributed by atoms with van der Waals surface area (Å²) in [7, 11) is 0. The second-order valence-corrected chi connectivity index (χ2v) is 9.25. The normalized spacial score (nSPS) is 15.1. The number of hydrogen-bond donors (Lipinski definition) is 3. The highest BCUT2D eigenvalue weighted by molar-refractivity contribution is 5.91. The molecule has 7 nitrogen and oxygen atoms in total. The van der Waals surface area contributed by atoms with Crippen molar-refractivity contribution in [2.75, 3.05) is 25.0 Å². The standard InChI is InChI=1S/C28H32N6O/c1-20(22-8-4-2-5-9-22)32-27-24-16-25(33-28(24)31-19-30-27)23-12-10-21(11-13-23)17-29-26(35)18-34-14-6-3-7-15-34/h2,4-5,8-13,16,19-20H,3,6-7,14-15,17-18H2,1H3,(H,29,35)(H2,30,31,32,33). The van der Waals surface area contributed by atoms with E-state index in [2.05, 4.69) is 79.9 Å². The van der Waals surface area contributed by atoms with E-state index in [1.54, 1.807) is 6.33 Å². The van der Waals surface area contributed by atoms with Crippen molar-refractivity contribution in [3.05, 3.63) is 78.1 Å². The molecule has 2 aromatic carbocycles. The number of amides is 1. The van der Waals surface area contributed by atoms with Crippen molar-refractivity contribution in [2.24, 2.45) is 0 Å². The number of hydrogen-bond acceptors (Lipinski definition) is 5. The molecule has 1 aliphatic rings. The van der Waals surface area contributed by atoms with E-state index in [0.29, 0.717) is 13.1 Å². The Labute approximate surface area is 206 Å². The Hall–Kier alpha value is -3.71. The molecule has 5 rings (SSSR count). The van der Waals surface area contributed by atoms with E-state index in [1.807, 2.05) is 18.2 Å². The number of piperidine rings is 1. The predicted octanol–water partition coefficient (Wildman–Crippen LogP) is 4.90. The van der Waals surface area contributed by atoms with Crippen LogP contribution in [0.25, 0.3) is 22.3 Å². The summed E-state index contributed by atoms with van der Waals surface area (Å²) in [6, 6.07) is 20.8. The smallest absolute Gasteiger partial charge is 0.234 e. The molecule has 0 spiro atoms. The lowest BCUT2D eigenvalue weighted by atomic mass is 10.1. The first-order valence-corrected chi connectivity index (χ1v) is 12.4. The Morgan fingerprint density at radius 2 is 1.80 bits per heavy atom. The summed E-state index contributed by atoms with van der Waals surface area (Å²) in [5.74, 6) is 0.900. The van der Waals surface area contributed by atoms with Crippen molar-refractivity contribution >= 4 is 22.8 Å². The monoisotopic (exact) mass is 468 g/mol. The van der Waals surface area contributed by atoms with E-state index >= 15 is 0 Å². The van der Waals surface area contributed by atoms with Crippen LogP contribution >= 0.6 is 0 Å². The number of anilines is 1. The molecule has 0 radical (unpaired) electrons. The molecule has 0 aliphatic carbocycles. The summed E-state index contributed by atoms with van der Waals surface area (Å²) in [5.41, 5.74) is 5.13. The molecule has 180 valence electrons. The molecule has 1 aliphatic heterocycles. The number of aromatic nitrogens is 3. The lowest BCUT2D eigenvalue weighted by Crippen LogP contribution is -2.39. The summed E-state index contributed by atoms with van der Waals surface area (Å²) >= 11 is 0. The molecule has 1 atom stereocenters. The van der Waals surface area contributed by atoms with Gasteiger partial charge in [0.25, 0.3) is 0 Å². The fourth-order valence-electron chi connectivity index (χ4n) is 4.62. The number of nitrogens with one attached hydrogen (secondary N) is 3. The highest BCUT2D eigenvalue weighted by Crippen LogP contribution is 2.29. The van der Waals surface area contributed by atoms with Gasteiger partial charge in [-0.05, 0) is 55.6 Å². The number of H-pyrrole nitrogens is 1. The molecule has 0 bridgehead atoms. The summed E-state index contributed by atoms with van der Waals surface area (Å²) in [4.78, 5) is 26.9. The maximum atomic E-state index is 12.3. The number of carbonyl (C=O) groups is 1. The first-order valence-electron chi connectivity index (χ1n) is 12.4. The number of rotatable bonds is 8. The molecule has 35 heavy (non-hydrogen) atoms. The van der Waals surface area contributed by atoms with Crippen molar-refractivity contribution < 1.29 is 4.79 Å². The average Bonchev–Trinajstić information content (AvgIpc) is 3.34. The number of likely N-dealkylation sites (tertiary alicyclic amines) is 1. The van der Waals surface area contributed by atoms with E-state index in [-0.39, 0.29) is 11.9 Å². The van der Waals surface area contributed by atoms with Gasteiger partial charge in [-0.2, -0.15) is 0 Å². The molecule has 1 fully saturated rings. The van der Waals surface area contributed by atoms with Gasteiger partial charge in [-0.3, -0.25) is 9.69 Å². The minimum atomic E-state index is 0.0925. The summed E-state index contributed by atoms with van der Waals surface area (Å²) in [5, 5.41) is 7.53. The van der Waals surface area contributed by atoms with E-state index in [4.69, 9.17) is 0 Å². The maximum Gasteiger partial charge on any atom is 0.234 e. The molecule has 1 amide bonds. The summed E-state index contributed by atoms with van der Waals surface area (Å²) < 4.78 is 0. The molecule has 1 unspecified atom stereocenters. The third kappa shape index (κ3) is 5.69. The van der Waals surface area contributed by atoms with Crippen LogP contribution in [0, 0.1) is 0 Å². The Morgan fingerprint density at radius 1 is 1.03 bits per heavy atom. The van der Waals surface area contributed by atoms with Crippen LogP contribution in [0.1, 0.15) is 43.4 Å². The molecule has 3 N–H and O–H groups in total. The third-order valence-electron chi connectivity index (χ3n) is 6.65. The number of benzene rings is 2. The Kier molecular flexibility index (Phi) is 7.04. The molecular weight excluding hydrogens is 436 g/mol. The van der Waals surface area contributed by atoms with Gasteiger partial charge in [-0.1, -0.05) is 61.0 Å². The predicted molar refractivity (Wildman–Crippen MR) is 140 cm³/mol. The van der Waals surface area contributed by atoms with E-state index < -0.39 is 0 Å². The highest BCUT2D eigenvalue weighted by atomic mass is 16.2. The maximum absolute atomic E-state index is 12.3. The molecule has 0 saturated carbocycles. The van der Waals surface area contributed by atoms with Gasteiger partial charge in [0.1, 0.15) is 17.8 Å². The van der Waals surface area contributed by atoms with Crippen molar-refractivity contribution in [1.29, 1.82) is 0 Å². The molecule has 7 heteroatoms. The largest absolute Gasteiger partial charge is 0.363 e. The minimum Gasteiger partial charge on any atom is -0.363 e. The van der Waals surface area contributed by atoms with E-state index in [9.17, 15) is 4.79 Å². The summed E-state index contributed by atoms with van der Waals surface area (Å²) in [6.45, 7) is 5.21. The highest BCUT2D eigenvalue weighted by Gasteiger charge is 2.14. The number of fused-ring (bicyclic) bond motifs is 1. The van der Waals surface area contributed by atoms with Crippen LogP contribution in [0.15, 0.2) is 67.0 Å². The van der Waals surface area contributed by atoms with Crippen molar-refractivity contribution in [3.8, 4) is 11.3 Å². The van der Waals surface area contributed by atoms with Gasteiger partial charge in [0.05, 0.1) is 11.9 Å². The Balaban J connectivity index is 1.24. The van der Waals surface area contributed by atoms with Gasteiger partial charge in [0, 0.05) is 18.3 Å². The average molecular weight is 469 g/mol. The van der Waals surface area contributed by atoms with Crippen molar-refractivity contribution in [2.45, 2.75) is 38.8 Å². The van der Waals surface area contributed by atoms with Gasteiger partial charge in [-0.25, -0.2) is 9.97 Å². The quantitative estimate of drug-likeness (QED) is 0.342. The van der Waals surface area contributed by atoms with Gasteiger partial charge >= 0.3 is 0 Å². The fourth-order valence-corrected chi connectivity index (χ4v) is 4.62. The Bertz CT molecular complexity index is 1260. The second kappa shape index (κ2) is 10.7. The van der Waals surface area contributed by atoms with Crippen LogP contribution < -0.4 is 10.6 Å². The second-order valence-electron chi connectivity index (χ2n) is 9.25. The number of aromatic amines is 1. The van der Waals surface area contributed by atoms with E-state index in [0.717, 1.165) is 46.8 Å². The van der Waals surface area contributed by atoms with Crippen LogP contribution in [0.2, 0.25) is 0 Å². The zero-order valence-corrected chi connectivity index (χ0v) is 20.1. The zero-order valence-electron chi connectivity index (χ0n) is 20.1. The SMILES string of the molecule is CC(Nc1ncnc2[nH]c(-c3ccc(CNC(=O)CN4CCCCC4)cc3)cc12)c1ccccc1. The molecule has 2 aromatic heterocycles. The van der Waals surface area contributed by atoms with Gasteiger partial charge < -0.3 is 15.6 Å². The lowest BCUT2D eigenvalue weighted by molar-refractivity contribution is -0.122. The van der Waals surface area contributed by atoms with Crippen LogP contribution in [-0.4, -0.2) is 45.4 Å². The van der Waals surface area contributed by atoms with Crippen LogP contribution in [-0.2, 0) is 11.3 Å². The van der Waals surface area contributed by atoms with Gasteiger partial charge in [0.2, 0.25) is 5.91 Å². The van der Waals surface area contributed by atoms with Gasteiger partial charge in [0.15, 0.2) is 0 Å². The van der Waals surface area contributed by atoms with Crippen molar-refractivity contribution in [3.63, 3.8) is 0 Å². The molecular formula is C28H32N6O. The third-order valence-corrected chi connectivity index (χ3v) is 6.65. The molecule has 4 aromatic rings. The number of nitrogens with zero attached hydrogens (tertiary/aromatic N) is 3. The molecule has 1 saturated heterocycles. The van der Waals surface area contributed by atoms with Gasteiger partial charge in [-0.15, -0.1) is 0 Å². The van der Waals surface area contributed by atoms with Crippen molar-refractivity contribution in [1.82, 2.24) is 25.2 Å². The lowest BCUT2D eigenvalue weighted by Gasteiger charge is -2.25. The Morgan fingerprint density at radius 3 is 2.57 bits per heavy atom. The zero-order chi connectivity index (χ0) is 24.0. The number of carbonyl (C=O) groups excluding carboxylic acids is 1.